The van der Waals surface area contributed by atoms with Crippen molar-refractivity contribution in [3.05, 3.63) is 39.9 Å². The zero-order valence-electron chi connectivity index (χ0n) is 9.20. The van der Waals surface area contributed by atoms with Crippen molar-refractivity contribution in [2.75, 3.05) is 6.54 Å². The number of nitrogens with zero attached hydrogens (tertiary/aromatic N) is 2. The fourth-order valence-electron chi connectivity index (χ4n) is 1.15. The first-order chi connectivity index (χ1) is 8.04. The molecular weight excluding hydrogens is 322 g/mol. The lowest BCUT2D eigenvalue weighted by Gasteiger charge is -2.04. The molecule has 0 radical (unpaired) electrons. The van der Waals surface area contributed by atoms with E-state index in [-0.39, 0.29) is 34.3 Å². The molecule has 9 heteroatoms. The monoisotopic (exact) mass is 333 g/mol. The second-order valence-electron chi connectivity index (χ2n) is 3.05. The number of thiocarbonyl (C=S) groups is 1. The van der Waals surface area contributed by atoms with E-state index < -0.39 is 4.92 Å². The minimum Gasteiger partial charge on any atom is -0.375 e. The SMILES string of the molecule is Br.NC/C(=N\NC(N)=S)c1cccc([N+](=O)[O-])c1. The van der Waals surface area contributed by atoms with E-state index in [1.54, 1.807) is 12.1 Å². The maximum atomic E-state index is 10.6. The van der Waals surface area contributed by atoms with Crippen molar-refractivity contribution in [3.8, 4) is 0 Å². The van der Waals surface area contributed by atoms with E-state index in [2.05, 4.69) is 22.7 Å². The van der Waals surface area contributed by atoms with E-state index in [1.165, 1.54) is 12.1 Å². The quantitative estimate of drug-likeness (QED) is 0.322. The number of nitrogens with two attached hydrogens (primary N) is 2. The van der Waals surface area contributed by atoms with Gasteiger partial charge in [0.15, 0.2) is 5.11 Å². The highest BCUT2D eigenvalue weighted by molar-refractivity contribution is 8.93. The summed E-state index contributed by atoms with van der Waals surface area (Å²) in [4.78, 5) is 10.1. The topological polar surface area (TPSA) is 120 Å². The molecule has 0 aliphatic heterocycles. The minimum absolute atomic E-state index is 0. The molecule has 0 spiro atoms. The van der Waals surface area contributed by atoms with Gasteiger partial charge >= 0.3 is 0 Å². The van der Waals surface area contributed by atoms with Crippen LogP contribution in [0.4, 0.5) is 5.69 Å². The fraction of sp³-hybridized carbons (Fsp3) is 0.111. The van der Waals surface area contributed by atoms with Crippen LogP contribution >= 0.6 is 29.2 Å². The summed E-state index contributed by atoms with van der Waals surface area (Å²) in [6.07, 6.45) is 0. The first-order valence-corrected chi connectivity index (χ1v) is 5.02. The maximum Gasteiger partial charge on any atom is 0.270 e. The van der Waals surface area contributed by atoms with Crippen LogP contribution in [-0.2, 0) is 0 Å². The van der Waals surface area contributed by atoms with Crippen molar-refractivity contribution < 1.29 is 4.92 Å². The third kappa shape index (κ3) is 4.73. The highest BCUT2D eigenvalue weighted by Crippen LogP contribution is 2.13. The van der Waals surface area contributed by atoms with Crippen LogP contribution in [0, 0.1) is 10.1 Å². The lowest BCUT2D eigenvalue weighted by molar-refractivity contribution is -0.384. The van der Waals surface area contributed by atoms with Gasteiger partial charge in [0.2, 0.25) is 0 Å². The number of halogens is 1. The average Bonchev–Trinajstić information content (AvgIpc) is 2.30. The zero-order valence-corrected chi connectivity index (χ0v) is 11.7. The van der Waals surface area contributed by atoms with Crippen LogP contribution in [0.2, 0.25) is 0 Å². The largest absolute Gasteiger partial charge is 0.375 e. The van der Waals surface area contributed by atoms with Crippen LogP contribution in [-0.4, -0.2) is 22.3 Å². The summed E-state index contributed by atoms with van der Waals surface area (Å²) in [6.45, 7) is 0.108. The van der Waals surface area contributed by atoms with Gasteiger partial charge in [0.1, 0.15) is 0 Å². The van der Waals surface area contributed by atoms with Crippen LogP contribution in [0.1, 0.15) is 5.56 Å². The summed E-state index contributed by atoms with van der Waals surface area (Å²) in [5, 5.41) is 14.5. The Morgan fingerprint density at radius 3 is 2.72 bits per heavy atom. The number of non-ortho nitro benzene ring substituents is 1. The van der Waals surface area contributed by atoms with Gasteiger partial charge < -0.3 is 11.5 Å². The third-order valence-electron chi connectivity index (χ3n) is 1.88. The van der Waals surface area contributed by atoms with Crippen molar-refractivity contribution >= 4 is 45.7 Å². The predicted octanol–water partition coefficient (Wildman–Crippen LogP) is 0.669. The van der Waals surface area contributed by atoms with Crippen molar-refractivity contribution in [1.29, 1.82) is 0 Å². The molecule has 7 nitrogen and oxygen atoms in total. The molecule has 1 rings (SSSR count). The summed E-state index contributed by atoms with van der Waals surface area (Å²) in [5.41, 5.74) is 14.0. The standard InChI is InChI=1S/C9H11N5O2S.BrH/c10-5-8(12-13-9(11)17)6-2-1-3-7(4-6)14(15)16;/h1-4H,5,10H2,(H3,11,13,17);1H/b12-8+;. The van der Waals surface area contributed by atoms with Gasteiger partial charge in [0.25, 0.3) is 5.69 Å². The summed E-state index contributed by atoms with van der Waals surface area (Å²) in [5.74, 6) is 0. The molecule has 0 fully saturated rings. The molecule has 0 saturated heterocycles. The Balaban J connectivity index is 0.00000289. The number of benzene rings is 1. The molecule has 0 unspecified atom stereocenters. The van der Waals surface area contributed by atoms with Gasteiger partial charge in [0, 0.05) is 24.2 Å². The molecule has 0 bridgehead atoms. The highest BCUT2D eigenvalue weighted by atomic mass is 79.9. The van der Waals surface area contributed by atoms with Crippen molar-refractivity contribution in [1.82, 2.24) is 5.43 Å². The average molecular weight is 334 g/mol. The molecule has 0 aliphatic rings. The molecule has 0 amide bonds. The number of nitrogens with one attached hydrogen (secondary N) is 1. The predicted molar refractivity (Wildman–Crippen MR) is 78.9 cm³/mol. The highest BCUT2D eigenvalue weighted by Gasteiger charge is 2.09. The number of rotatable bonds is 4. The summed E-state index contributed by atoms with van der Waals surface area (Å²) in [6, 6.07) is 5.99. The van der Waals surface area contributed by atoms with Crippen LogP contribution in [0.5, 0.6) is 0 Å². The second-order valence-corrected chi connectivity index (χ2v) is 3.49. The Morgan fingerprint density at radius 1 is 1.56 bits per heavy atom. The molecule has 18 heavy (non-hydrogen) atoms. The lowest BCUT2D eigenvalue weighted by Crippen LogP contribution is -2.27. The minimum atomic E-state index is -0.487. The molecule has 0 aliphatic carbocycles. The Hall–Kier alpha value is -1.58. The van der Waals surface area contributed by atoms with E-state index in [4.69, 9.17) is 11.5 Å². The lowest BCUT2D eigenvalue weighted by atomic mass is 10.1. The Labute approximate surface area is 119 Å². The first-order valence-electron chi connectivity index (χ1n) is 4.61. The van der Waals surface area contributed by atoms with Crippen LogP contribution in [0.25, 0.3) is 0 Å². The van der Waals surface area contributed by atoms with Gasteiger partial charge in [-0.3, -0.25) is 15.5 Å². The van der Waals surface area contributed by atoms with Crippen molar-refractivity contribution in [2.45, 2.75) is 0 Å². The molecule has 0 heterocycles. The summed E-state index contributed by atoms with van der Waals surface area (Å²) in [7, 11) is 0. The van der Waals surface area contributed by atoms with Gasteiger partial charge in [-0.15, -0.1) is 17.0 Å². The van der Waals surface area contributed by atoms with E-state index in [0.29, 0.717) is 11.3 Å². The van der Waals surface area contributed by atoms with E-state index >= 15 is 0 Å². The summed E-state index contributed by atoms with van der Waals surface area (Å²) < 4.78 is 0. The number of hydrogen-bond donors (Lipinski definition) is 3. The number of nitro benzene ring substituents is 1. The van der Waals surface area contributed by atoms with E-state index in [1.807, 2.05) is 0 Å². The smallest absolute Gasteiger partial charge is 0.270 e. The molecule has 0 aromatic heterocycles. The van der Waals surface area contributed by atoms with Crippen LogP contribution in [0.15, 0.2) is 29.4 Å². The van der Waals surface area contributed by atoms with Gasteiger partial charge in [-0.2, -0.15) is 5.10 Å². The Kier molecular flexibility index (Phi) is 7.01. The first kappa shape index (κ1) is 16.4. The molecule has 0 saturated carbocycles. The number of hydrazone groups is 1. The van der Waals surface area contributed by atoms with E-state index in [9.17, 15) is 10.1 Å². The van der Waals surface area contributed by atoms with E-state index in [0.717, 1.165) is 0 Å². The molecule has 1 aromatic rings. The van der Waals surface area contributed by atoms with Gasteiger partial charge in [-0.25, -0.2) is 0 Å². The third-order valence-corrected chi connectivity index (χ3v) is 1.98. The second kappa shape index (κ2) is 7.69. The van der Waals surface area contributed by atoms with Crippen molar-refractivity contribution in [2.24, 2.45) is 16.6 Å². The molecular formula is C9H12BrN5O2S. The van der Waals surface area contributed by atoms with Gasteiger partial charge in [-0.05, 0) is 12.2 Å². The van der Waals surface area contributed by atoms with Crippen LogP contribution in [0.3, 0.4) is 0 Å². The number of nitro groups is 1. The van der Waals surface area contributed by atoms with Crippen LogP contribution < -0.4 is 16.9 Å². The molecule has 0 atom stereocenters. The fourth-order valence-corrected chi connectivity index (χ4v) is 1.20. The molecule has 98 valence electrons. The van der Waals surface area contributed by atoms with Gasteiger partial charge in [0.05, 0.1) is 10.6 Å². The molecule has 1 aromatic carbocycles. The Morgan fingerprint density at radius 2 is 2.22 bits per heavy atom. The maximum absolute atomic E-state index is 10.6. The number of hydrogen-bond acceptors (Lipinski definition) is 5. The molecule has 5 N–H and O–H groups in total. The Bertz CT molecular complexity index is 480. The zero-order chi connectivity index (χ0) is 12.8. The normalized spacial score (nSPS) is 10.4. The summed E-state index contributed by atoms with van der Waals surface area (Å²) >= 11 is 4.59. The van der Waals surface area contributed by atoms with Gasteiger partial charge in [-0.1, -0.05) is 12.1 Å². The van der Waals surface area contributed by atoms with Crippen molar-refractivity contribution in [3.63, 3.8) is 0 Å².